The molecule has 92 valence electrons. The van der Waals surface area contributed by atoms with Crippen molar-refractivity contribution >= 4 is 22.9 Å². The zero-order valence-corrected chi connectivity index (χ0v) is 10.3. The van der Waals surface area contributed by atoms with Crippen molar-refractivity contribution in [1.29, 1.82) is 0 Å². The van der Waals surface area contributed by atoms with Gasteiger partial charge in [0.15, 0.2) is 17.0 Å². The molecule has 0 atom stereocenters. The molecule has 0 bridgehead atoms. The first-order valence-corrected chi connectivity index (χ1v) is 5.92. The van der Waals surface area contributed by atoms with Crippen LogP contribution in [0, 0.1) is 0 Å². The molecule has 2 aromatic rings. The number of imidazole rings is 1. The minimum atomic E-state index is 0.431. The Morgan fingerprint density at radius 2 is 2.18 bits per heavy atom. The van der Waals surface area contributed by atoms with E-state index in [9.17, 15) is 0 Å². The molecule has 2 aromatic heterocycles. The fourth-order valence-electron chi connectivity index (χ4n) is 1.88. The van der Waals surface area contributed by atoms with Crippen LogP contribution in [0.25, 0.3) is 11.2 Å². The molecule has 6 heteroatoms. The van der Waals surface area contributed by atoms with E-state index in [-0.39, 0.29) is 0 Å². The Labute approximate surface area is 100 Å². The van der Waals surface area contributed by atoms with Gasteiger partial charge in [0.2, 0.25) is 5.95 Å². The van der Waals surface area contributed by atoms with Crippen molar-refractivity contribution in [3.63, 3.8) is 0 Å². The van der Waals surface area contributed by atoms with Gasteiger partial charge >= 0.3 is 0 Å². The molecule has 0 aromatic carbocycles. The first-order chi connectivity index (χ1) is 8.27. The number of hydrogen-bond acceptors (Lipinski definition) is 5. The van der Waals surface area contributed by atoms with Crippen molar-refractivity contribution in [2.24, 2.45) is 0 Å². The zero-order chi connectivity index (χ0) is 12.3. The summed E-state index contributed by atoms with van der Waals surface area (Å²) in [4.78, 5) is 12.6. The van der Waals surface area contributed by atoms with Gasteiger partial charge in [-0.15, -0.1) is 0 Å². The minimum Gasteiger partial charge on any atom is -0.382 e. The molecule has 2 heterocycles. The molecule has 0 aliphatic heterocycles. The molecule has 0 saturated carbocycles. The summed E-state index contributed by atoms with van der Waals surface area (Å²) in [5.41, 5.74) is 7.27. The summed E-state index contributed by atoms with van der Waals surface area (Å²) in [7, 11) is 1.85. The molecule has 0 fully saturated rings. The number of hydrogen-bond donors (Lipinski definition) is 2. The van der Waals surface area contributed by atoms with E-state index in [1.165, 1.54) is 19.2 Å². The highest BCUT2D eigenvalue weighted by Gasteiger charge is 2.12. The number of anilines is 2. The number of nitrogen functional groups attached to an aromatic ring is 1. The van der Waals surface area contributed by atoms with E-state index in [1.807, 2.05) is 7.05 Å². The second kappa shape index (κ2) is 4.99. The van der Waals surface area contributed by atoms with Gasteiger partial charge in [-0.3, -0.25) is 4.57 Å². The number of aromatic nitrogens is 4. The number of nitrogens with zero attached hydrogens (tertiary/aromatic N) is 4. The third-order valence-corrected chi connectivity index (χ3v) is 2.77. The summed E-state index contributed by atoms with van der Waals surface area (Å²) in [6, 6.07) is 0. The molecule has 0 radical (unpaired) electrons. The third-order valence-electron chi connectivity index (χ3n) is 2.77. The molecular weight excluding hydrogens is 216 g/mol. The highest BCUT2D eigenvalue weighted by Crippen LogP contribution is 2.21. The van der Waals surface area contributed by atoms with Gasteiger partial charge in [-0.1, -0.05) is 19.8 Å². The topological polar surface area (TPSA) is 81.7 Å². The van der Waals surface area contributed by atoms with Gasteiger partial charge < -0.3 is 11.1 Å². The Kier molecular flexibility index (Phi) is 3.41. The van der Waals surface area contributed by atoms with Gasteiger partial charge in [-0.25, -0.2) is 15.0 Å². The Morgan fingerprint density at radius 3 is 2.88 bits per heavy atom. The fraction of sp³-hybridized carbons (Fsp3) is 0.545. The van der Waals surface area contributed by atoms with E-state index in [2.05, 4.69) is 31.8 Å². The first kappa shape index (κ1) is 11.6. The average molecular weight is 234 g/mol. The van der Waals surface area contributed by atoms with Gasteiger partial charge in [-0.2, -0.15) is 0 Å². The summed E-state index contributed by atoms with van der Waals surface area (Å²) in [5.74, 6) is 1.23. The summed E-state index contributed by atoms with van der Waals surface area (Å²) < 4.78 is 2.06. The van der Waals surface area contributed by atoms with Gasteiger partial charge in [0.05, 0.1) is 0 Å². The van der Waals surface area contributed by atoms with Crippen molar-refractivity contribution in [3.05, 3.63) is 6.33 Å². The van der Waals surface area contributed by atoms with Gasteiger partial charge in [-0.05, 0) is 6.42 Å². The predicted molar refractivity (Wildman–Crippen MR) is 68.8 cm³/mol. The second-order valence-electron chi connectivity index (χ2n) is 3.98. The van der Waals surface area contributed by atoms with E-state index < -0.39 is 0 Å². The van der Waals surface area contributed by atoms with Crippen LogP contribution in [0.15, 0.2) is 6.33 Å². The van der Waals surface area contributed by atoms with Crippen LogP contribution in [0.5, 0.6) is 0 Å². The average Bonchev–Trinajstić information content (AvgIpc) is 2.70. The van der Waals surface area contributed by atoms with Crippen molar-refractivity contribution in [3.8, 4) is 0 Å². The van der Waals surface area contributed by atoms with Crippen molar-refractivity contribution in [2.45, 2.75) is 32.7 Å². The molecule has 17 heavy (non-hydrogen) atoms. The number of nitrogens with two attached hydrogens (primary N) is 1. The number of fused-ring (bicyclic) bond motifs is 1. The van der Waals surface area contributed by atoms with Crippen molar-refractivity contribution in [2.75, 3.05) is 18.1 Å². The number of aryl methyl sites for hydroxylation is 1. The standard InChI is InChI=1S/C11H18N6/c1-3-4-5-6-17-10-8(16-11(17)13-2)9(12)14-7-15-10/h7H,3-6H2,1-2H3,(H,13,16)(H2,12,14,15). The summed E-state index contributed by atoms with van der Waals surface area (Å²) in [6.07, 6.45) is 4.98. The highest BCUT2D eigenvalue weighted by molar-refractivity contribution is 5.83. The Bertz CT molecular complexity index is 504. The quantitative estimate of drug-likeness (QED) is 0.768. The lowest BCUT2D eigenvalue weighted by Gasteiger charge is -2.06. The Balaban J connectivity index is 2.40. The number of unbranched alkanes of at least 4 members (excludes halogenated alkanes) is 2. The number of nitrogens with one attached hydrogen (secondary N) is 1. The van der Waals surface area contributed by atoms with E-state index in [1.54, 1.807) is 0 Å². The molecule has 0 aliphatic carbocycles. The molecule has 6 nitrogen and oxygen atoms in total. The van der Waals surface area contributed by atoms with Crippen LogP contribution in [0.3, 0.4) is 0 Å². The van der Waals surface area contributed by atoms with Crippen LogP contribution in [-0.2, 0) is 6.54 Å². The lowest BCUT2D eigenvalue weighted by Crippen LogP contribution is -2.04. The Morgan fingerprint density at radius 1 is 1.35 bits per heavy atom. The highest BCUT2D eigenvalue weighted by atomic mass is 15.2. The van der Waals surface area contributed by atoms with Crippen LogP contribution in [-0.4, -0.2) is 26.6 Å². The molecule has 0 unspecified atom stereocenters. The van der Waals surface area contributed by atoms with E-state index in [0.717, 1.165) is 24.6 Å². The third kappa shape index (κ3) is 2.15. The maximum Gasteiger partial charge on any atom is 0.204 e. The van der Waals surface area contributed by atoms with Gasteiger partial charge in [0.25, 0.3) is 0 Å². The fourth-order valence-corrected chi connectivity index (χ4v) is 1.88. The zero-order valence-electron chi connectivity index (χ0n) is 10.3. The van der Waals surface area contributed by atoms with Gasteiger partial charge in [0.1, 0.15) is 6.33 Å². The summed E-state index contributed by atoms with van der Waals surface area (Å²) >= 11 is 0. The summed E-state index contributed by atoms with van der Waals surface area (Å²) in [6.45, 7) is 3.09. The number of rotatable bonds is 5. The van der Waals surface area contributed by atoms with E-state index in [0.29, 0.717) is 11.3 Å². The Hall–Kier alpha value is -1.85. The lowest BCUT2D eigenvalue weighted by molar-refractivity contribution is 0.614. The first-order valence-electron chi connectivity index (χ1n) is 5.92. The van der Waals surface area contributed by atoms with Crippen LogP contribution < -0.4 is 11.1 Å². The SMILES string of the molecule is CCCCCn1c(NC)nc2c(N)ncnc21. The lowest BCUT2D eigenvalue weighted by atomic mass is 10.2. The van der Waals surface area contributed by atoms with Crippen LogP contribution in [0.4, 0.5) is 11.8 Å². The molecule has 0 spiro atoms. The smallest absolute Gasteiger partial charge is 0.204 e. The monoisotopic (exact) mass is 234 g/mol. The largest absolute Gasteiger partial charge is 0.382 e. The van der Waals surface area contributed by atoms with Crippen LogP contribution in [0.2, 0.25) is 0 Å². The minimum absolute atomic E-state index is 0.431. The van der Waals surface area contributed by atoms with E-state index in [4.69, 9.17) is 5.73 Å². The van der Waals surface area contributed by atoms with E-state index >= 15 is 0 Å². The molecular formula is C11H18N6. The second-order valence-corrected chi connectivity index (χ2v) is 3.98. The van der Waals surface area contributed by atoms with Gasteiger partial charge in [0, 0.05) is 13.6 Å². The maximum atomic E-state index is 5.79. The summed E-state index contributed by atoms with van der Waals surface area (Å²) in [5, 5.41) is 3.07. The molecule has 0 saturated heterocycles. The van der Waals surface area contributed by atoms with Crippen LogP contribution in [0.1, 0.15) is 26.2 Å². The normalized spacial score (nSPS) is 10.9. The van der Waals surface area contributed by atoms with Crippen molar-refractivity contribution in [1.82, 2.24) is 19.5 Å². The molecule has 2 rings (SSSR count). The maximum absolute atomic E-state index is 5.79. The molecule has 0 aliphatic rings. The van der Waals surface area contributed by atoms with Crippen molar-refractivity contribution < 1.29 is 0 Å². The molecule has 0 amide bonds. The predicted octanol–water partition coefficient (Wildman–Crippen LogP) is 1.64. The van der Waals surface area contributed by atoms with Crippen LogP contribution >= 0.6 is 0 Å². The molecule has 3 N–H and O–H groups in total.